The number of rotatable bonds is 1. The van der Waals surface area contributed by atoms with Crippen LogP contribution in [0.15, 0.2) is 0 Å². The van der Waals surface area contributed by atoms with Crippen LogP contribution in [-0.4, -0.2) is 33.4 Å². The molecule has 1 rings (SSSR count). The number of aliphatic hydroxyl groups excluding tert-OH is 2. The predicted molar refractivity (Wildman–Crippen MR) is 38.6 cm³/mol. The molecule has 1 fully saturated rings. The largest absolute Gasteiger partial charge is 0.395 e. The molecule has 2 N–H and O–H groups in total. The maximum atomic E-state index is 9.17. The van der Waals surface area contributed by atoms with E-state index in [-0.39, 0.29) is 18.0 Å². The average molecular weight is 148 g/mol. The highest BCUT2D eigenvalue weighted by molar-refractivity contribution is 8.00. The molecule has 3 unspecified atom stereocenters. The van der Waals surface area contributed by atoms with Crippen LogP contribution in [0.4, 0.5) is 0 Å². The third kappa shape index (κ3) is 1.60. The lowest BCUT2D eigenvalue weighted by Gasteiger charge is -2.03. The van der Waals surface area contributed by atoms with Gasteiger partial charge in [-0.25, -0.2) is 0 Å². The Labute approximate surface area is 59.3 Å². The lowest BCUT2D eigenvalue weighted by atomic mass is 10.2. The first-order chi connectivity index (χ1) is 4.24. The zero-order chi connectivity index (χ0) is 6.85. The molecule has 1 saturated heterocycles. The van der Waals surface area contributed by atoms with Gasteiger partial charge >= 0.3 is 0 Å². The molecule has 0 amide bonds. The Bertz CT molecular complexity index is 87.1. The molecule has 0 radical (unpaired) electrons. The van der Waals surface area contributed by atoms with E-state index >= 15 is 0 Å². The fourth-order valence-corrected chi connectivity index (χ4v) is 2.32. The predicted octanol–water partition coefficient (Wildman–Crippen LogP) is 0.234. The second kappa shape index (κ2) is 2.90. The summed E-state index contributed by atoms with van der Waals surface area (Å²) >= 11 is 1.67. The van der Waals surface area contributed by atoms with Crippen LogP contribution in [0.5, 0.6) is 0 Å². The Morgan fingerprint density at radius 1 is 1.67 bits per heavy atom. The first kappa shape index (κ1) is 7.38. The summed E-state index contributed by atoms with van der Waals surface area (Å²) in [6, 6.07) is 0. The Hall–Kier alpha value is 0.270. The van der Waals surface area contributed by atoms with Crippen molar-refractivity contribution in [2.45, 2.75) is 29.9 Å². The van der Waals surface area contributed by atoms with E-state index in [0.717, 1.165) is 6.42 Å². The highest BCUT2D eigenvalue weighted by Crippen LogP contribution is 2.32. The summed E-state index contributed by atoms with van der Waals surface area (Å²) < 4.78 is 0. The third-order valence-corrected chi connectivity index (χ3v) is 3.13. The highest BCUT2D eigenvalue weighted by atomic mass is 32.2. The van der Waals surface area contributed by atoms with Gasteiger partial charge in [-0.3, -0.25) is 0 Å². The summed E-state index contributed by atoms with van der Waals surface area (Å²) in [4.78, 5) is 0. The summed E-state index contributed by atoms with van der Waals surface area (Å²) in [5, 5.41) is 18.4. The molecule has 1 aliphatic rings. The first-order valence-corrected chi connectivity index (χ1v) is 4.12. The van der Waals surface area contributed by atoms with Gasteiger partial charge in [-0.15, -0.1) is 0 Å². The van der Waals surface area contributed by atoms with Crippen molar-refractivity contribution >= 4 is 11.8 Å². The topological polar surface area (TPSA) is 40.5 Å². The second-order valence-corrected chi connectivity index (χ2v) is 4.13. The van der Waals surface area contributed by atoms with Crippen LogP contribution in [0, 0.1) is 0 Å². The molecule has 0 aromatic rings. The molecule has 1 aliphatic heterocycles. The van der Waals surface area contributed by atoms with Crippen molar-refractivity contribution in [2.24, 2.45) is 0 Å². The highest BCUT2D eigenvalue weighted by Gasteiger charge is 2.29. The van der Waals surface area contributed by atoms with E-state index in [4.69, 9.17) is 10.2 Å². The minimum Gasteiger partial charge on any atom is -0.395 e. The van der Waals surface area contributed by atoms with Crippen molar-refractivity contribution in [2.75, 3.05) is 6.61 Å². The van der Waals surface area contributed by atoms with Crippen molar-refractivity contribution in [1.29, 1.82) is 0 Å². The van der Waals surface area contributed by atoms with Crippen LogP contribution < -0.4 is 0 Å². The van der Waals surface area contributed by atoms with Gasteiger partial charge in [-0.1, -0.05) is 6.92 Å². The molecule has 2 nitrogen and oxygen atoms in total. The maximum absolute atomic E-state index is 9.17. The van der Waals surface area contributed by atoms with E-state index in [1.54, 1.807) is 11.8 Å². The van der Waals surface area contributed by atoms with E-state index in [1.807, 2.05) is 6.92 Å². The van der Waals surface area contributed by atoms with Crippen molar-refractivity contribution in [3.63, 3.8) is 0 Å². The molecule has 3 heteroatoms. The summed E-state index contributed by atoms with van der Waals surface area (Å²) in [6.07, 6.45) is 0.551. The molecule has 54 valence electrons. The SMILES string of the molecule is CC1SC(CO)CC1O. The van der Waals surface area contributed by atoms with Gasteiger partial charge in [0.1, 0.15) is 0 Å². The average Bonchev–Trinajstić information content (AvgIpc) is 2.13. The molecule has 0 aliphatic carbocycles. The Balaban J connectivity index is 2.35. The smallest absolute Gasteiger partial charge is 0.0667 e. The quantitative estimate of drug-likeness (QED) is 0.559. The van der Waals surface area contributed by atoms with Crippen molar-refractivity contribution in [1.82, 2.24) is 0 Å². The zero-order valence-electron chi connectivity index (χ0n) is 5.45. The molecule has 0 aromatic carbocycles. The van der Waals surface area contributed by atoms with Gasteiger partial charge in [0.2, 0.25) is 0 Å². The summed E-state index contributed by atoms with van der Waals surface area (Å²) in [5.74, 6) is 0. The molecule has 0 bridgehead atoms. The molecule has 0 aromatic heterocycles. The molecule has 0 saturated carbocycles. The Morgan fingerprint density at radius 2 is 2.33 bits per heavy atom. The zero-order valence-corrected chi connectivity index (χ0v) is 6.27. The molecule has 0 spiro atoms. The van der Waals surface area contributed by atoms with E-state index in [0.29, 0.717) is 5.25 Å². The van der Waals surface area contributed by atoms with Gasteiger partial charge in [0.05, 0.1) is 12.7 Å². The Morgan fingerprint density at radius 3 is 2.56 bits per heavy atom. The van der Waals surface area contributed by atoms with Gasteiger partial charge in [0.15, 0.2) is 0 Å². The Kier molecular flexibility index (Phi) is 2.38. The number of hydrogen-bond acceptors (Lipinski definition) is 3. The number of thioether (sulfide) groups is 1. The van der Waals surface area contributed by atoms with Crippen molar-refractivity contribution in [3.05, 3.63) is 0 Å². The summed E-state index contributed by atoms with van der Waals surface area (Å²) in [5.41, 5.74) is 0. The van der Waals surface area contributed by atoms with E-state index in [2.05, 4.69) is 0 Å². The van der Waals surface area contributed by atoms with Gasteiger partial charge in [0, 0.05) is 10.5 Å². The molecule has 1 heterocycles. The lowest BCUT2D eigenvalue weighted by Crippen LogP contribution is -2.13. The van der Waals surface area contributed by atoms with Crippen molar-refractivity contribution in [3.8, 4) is 0 Å². The van der Waals surface area contributed by atoms with Crippen LogP contribution in [0.25, 0.3) is 0 Å². The van der Waals surface area contributed by atoms with Gasteiger partial charge in [0.25, 0.3) is 0 Å². The lowest BCUT2D eigenvalue weighted by molar-refractivity contribution is 0.165. The fraction of sp³-hybridized carbons (Fsp3) is 1.00. The van der Waals surface area contributed by atoms with Gasteiger partial charge in [-0.05, 0) is 6.42 Å². The monoisotopic (exact) mass is 148 g/mol. The van der Waals surface area contributed by atoms with Crippen LogP contribution >= 0.6 is 11.8 Å². The van der Waals surface area contributed by atoms with Gasteiger partial charge < -0.3 is 10.2 Å². The van der Waals surface area contributed by atoms with E-state index in [1.165, 1.54) is 0 Å². The first-order valence-electron chi connectivity index (χ1n) is 3.18. The number of hydrogen-bond donors (Lipinski definition) is 2. The third-order valence-electron chi connectivity index (χ3n) is 1.66. The second-order valence-electron chi connectivity index (χ2n) is 2.45. The van der Waals surface area contributed by atoms with E-state index in [9.17, 15) is 0 Å². The summed E-state index contributed by atoms with van der Waals surface area (Å²) in [6.45, 7) is 2.19. The van der Waals surface area contributed by atoms with Crippen LogP contribution in [0.3, 0.4) is 0 Å². The molecule has 9 heavy (non-hydrogen) atoms. The molecular weight excluding hydrogens is 136 g/mol. The maximum Gasteiger partial charge on any atom is 0.0667 e. The van der Waals surface area contributed by atoms with E-state index < -0.39 is 0 Å². The summed E-state index contributed by atoms with van der Waals surface area (Å²) in [7, 11) is 0. The minimum atomic E-state index is -0.202. The van der Waals surface area contributed by atoms with Crippen LogP contribution in [0.1, 0.15) is 13.3 Å². The fourth-order valence-electron chi connectivity index (χ4n) is 1.03. The minimum absolute atomic E-state index is 0.200. The molecular formula is C6H12O2S. The normalized spacial score (nSPS) is 43.7. The van der Waals surface area contributed by atoms with Crippen molar-refractivity contribution < 1.29 is 10.2 Å². The van der Waals surface area contributed by atoms with Crippen LogP contribution in [0.2, 0.25) is 0 Å². The molecule has 3 atom stereocenters. The standard InChI is InChI=1S/C6H12O2S/c1-4-6(8)2-5(3-7)9-4/h4-8H,2-3H2,1H3. The van der Waals surface area contributed by atoms with Gasteiger partial charge in [-0.2, -0.15) is 11.8 Å². The van der Waals surface area contributed by atoms with Crippen LogP contribution in [-0.2, 0) is 0 Å². The number of aliphatic hydroxyl groups is 2.